The number of alkyl halides is 3. The summed E-state index contributed by atoms with van der Waals surface area (Å²) >= 11 is 1.35. The number of fused-ring (bicyclic) bond motifs is 1. The molecule has 8 heteroatoms. The number of hydrogen-bond donors (Lipinski definition) is 0. The van der Waals surface area contributed by atoms with Crippen molar-refractivity contribution in [2.45, 2.75) is 38.8 Å². The summed E-state index contributed by atoms with van der Waals surface area (Å²) in [5.74, 6) is -1.80. The van der Waals surface area contributed by atoms with Crippen LogP contribution >= 0.6 is 11.3 Å². The first-order valence-corrected chi connectivity index (χ1v) is 11.2. The van der Waals surface area contributed by atoms with E-state index in [4.69, 9.17) is 4.74 Å². The van der Waals surface area contributed by atoms with Crippen LogP contribution in [-0.4, -0.2) is 23.7 Å². The van der Waals surface area contributed by atoms with Gasteiger partial charge in [0.2, 0.25) is 5.91 Å². The summed E-state index contributed by atoms with van der Waals surface area (Å²) in [7, 11) is 0. The van der Waals surface area contributed by atoms with E-state index < -0.39 is 18.0 Å². The molecule has 1 saturated carbocycles. The minimum Gasteiger partial charge on any atom is -0.494 e. The number of halogens is 3. The Hall–Kier alpha value is -2.61. The van der Waals surface area contributed by atoms with Gasteiger partial charge in [-0.2, -0.15) is 13.2 Å². The summed E-state index contributed by atoms with van der Waals surface area (Å²) in [5, 5.41) is 0.462. The number of amides is 1. The lowest BCUT2D eigenvalue weighted by Gasteiger charge is -2.32. The van der Waals surface area contributed by atoms with E-state index in [1.54, 1.807) is 24.3 Å². The molecule has 0 aliphatic heterocycles. The Kier molecular flexibility index (Phi) is 6.18. The lowest BCUT2D eigenvalue weighted by Crippen LogP contribution is -2.38. The summed E-state index contributed by atoms with van der Waals surface area (Å²) in [5.41, 5.74) is 1.32. The largest absolute Gasteiger partial charge is 0.494 e. The van der Waals surface area contributed by atoms with Crippen LogP contribution in [-0.2, 0) is 4.79 Å². The number of anilines is 2. The lowest BCUT2D eigenvalue weighted by atomic mass is 9.80. The molecule has 0 radical (unpaired) electrons. The fourth-order valence-electron chi connectivity index (χ4n) is 4.04. The van der Waals surface area contributed by atoms with Crippen LogP contribution in [0.15, 0.2) is 48.5 Å². The molecule has 2 atom stereocenters. The van der Waals surface area contributed by atoms with Crippen LogP contribution in [0.25, 0.3) is 10.2 Å². The molecule has 1 aliphatic rings. The highest BCUT2D eigenvalue weighted by molar-refractivity contribution is 7.22. The van der Waals surface area contributed by atoms with E-state index in [0.717, 1.165) is 10.2 Å². The van der Waals surface area contributed by atoms with Gasteiger partial charge in [0.1, 0.15) is 5.75 Å². The number of rotatable bonds is 5. The molecule has 0 spiro atoms. The number of carbonyl (C=O) groups excluding carboxylic acids is 1. The Morgan fingerprint density at radius 1 is 1.16 bits per heavy atom. The zero-order chi connectivity index (χ0) is 22.0. The number of hydrogen-bond acceptors (Lipinski definition) is 4. The first-order chi connectivity index (χ1) is 14.9. The number of para-hydroxylation sites is 1. The second kappa shape index (κ2) is 8.86. The summed E-state index contributed by atoms with van der Waals surface area (Å²) in [6, 6.07) is 14.5. The maximum atomic E-state index is 13.6. The molecule has 0 bridgehead atoms. The van der Waals surface area contributed by atoms with Crippen molar-refractivity contribution in [2.75, 3.05) is 11.5 Å². The minimum atomic E-state index is -4.28. The van der Waals surface area contributed by atoms with Crippen LogP contribution in [0.5, 0.6) is 5.75 Å². The summed E-state index contributed by atoms with van der Waals surface area (Å²) in [6.45, 7) is 2.39. The molecule has 164 valence electrons. The van der Waals surface area contributed by atoms with Gasteiger partial charge in [-0.05, 0) is 62.6 Å². The zero-order valence-corrected chi connectivity index (χ0v) is 17.9. The molecule has 4 rings (SSSR count). The number of ether oxygens (including phenoxy) is 1. The second-order valence-corrected chi connectivity index (χ2v) is 8.68. The number of thiazole rings is 1. The van der Waals surface area contributed by atoms with Crippen LogP contribution in [0.4, 0.5) is 24.0 Å². The van der Waals surface area contributed by atoms with E-state index in [1.807, 2.05) is 31.2 Å². The highest BCUT2D eigenvalue weighted by atomic mass is 32.1. The highest BCUT2D eigenvalue weighted by Gasteiger charge is 2.44. The predicted octanol–water partition coefficient (Wildman–Crippen LogP) is 6.73. The monoisotopic (exact) mass is 448 g/mol. The number of aromatic nitrogens is 1. The van der Waals surface area contributed by atoms with Crippen molar-refractivity contribution >= 4 is 38.3 Å². The Morgan fingerprint density at radius 3 is 2.58 bits per heavy atom. The van der Waals surface area contributed by atoms with Gasteiger partial charge in [0.05, 0.1) is 28.4 Å². The highest BCUT2D eigenvalue weighted by Crippen LogP contribution is 2.42. The third-order valence-corrected chi connectivity index (χ3v) is 6.61. The van der Waals surface area contributed by atoms with Crippen molar-refractivity contribution in [1.29, 1.82) is 0 Å². The van der Waals surface area contributed by atoms with Crippen LogP contribution in [0, 0.1) is 11.8 Å². The van der Waals surface area contributed by atoms with E-state index in [2.05, 4.69) is 4.98 Å². The molecule has 2 unspecified atom stereocenters. The molecule has 0 saturated heterocycles. The average Bonchev–Trinajstić information content (AvgIpc) is 3.18. The van der Waals surface area contributed by atoms with E-state index in [-0.39, 0.29) is 18.7 Å². The fourth-order valence-corrected chi connectivity index (χ4v) is 5.03. The van der Waals surface area contributed by atoms with Gasteiger partial charge in [0.25, 0.3) is 0 Å². The fraction of sp³-hybridized carbons (Fsp3) is 0.391. The van der Waals surface area contributed by atoms with Crippen molar-refractivity contribution < 1.29 is 22.7 Å². The standard InChI is InChI=1S/C23H23F3N2O2S/c1-2-30-18-12-10-17(11-13-18)28(22-27-19-8-3-4-9-20(19)31-22)21(29)15-6-5-7-16(14-15)23(24,25)26/h3-4,8-13,15-16H,2,5-7,14H2,1H3. The molecule has 31 heavy (non-hydrogen) atoms. The molecule has 2 aromatic carbocycles. The summed E-state index contributed by atoms with van der Waals surface area (Å²) in [4.78, 5) is 19.6. The topological polar surface area (TPSA) is 42.4 Å². The maximum Gasteiger partial charge on any atom is 0.391 e. The maximum absolute atomic E-state index is 13.6. The van der Waals surface area contributed by atoms with Crippen molar-refractivity contribution in [1.82, 2.24) is 4.98 Å². The minimum absolute atomic E-state index is 0.0808. The molecule has 1 heterocycles. The lowest BCUT2D eigenvalue weighted by molar-refractivity contribution is -0.186. The van der Waals surface area contributed by atoms with Gasteiger partial charge in [-0.25, -0.2) is 4.98 Å². The van der Waals surface area contributed by atoms with Crippen LogP contribution in [0.1, 0.15) is 32.6 Å². The molecule has 1 fully saturated rings. The predicted molar refractivity (Wildman–Crippen MR) is 116 cm³/mol. The summed E-state index contributed by atoms with van der Waals surface area (Å²) in [6.07, 6.45) is -3.54. The average molecular weight is 449 g/mol. The molecule has 4 nitrogen and oxygen atoms in total. The Morgan fingerprint density at radius 2 is 1.90 bits per heavy atom. The van der Waals surface area contributed by atoms with Crippen LogP contribution in [0.3, 0.4) is 0 Å². The van der Waals surface area contributed by atoms with E-state index in [1.165, 1.54) is 16.2 Å². The Bertz CT molecular complexity index is 1020. The molecule has 1 amide bonds. The van der Waals surface area contributed by atoms with Crippen LogP contribution < -0.4 is 9.64 Å². The van der Waals surface area contributed by atoms with Crippen molar-refractivity contribution in [3.8, 4) is 5.75 Å². The van der Waals surface area contributed by atoms with Gasteiger partial charge in [-0.15, -0.1) is 0 Å². The first kappa shape index (κ1) is 21.6. The van der Waals surface area contributed by atoms with Crippen LogP contribution in [0.2, 0.25) is 0 Å². The second-order valence-electron chi connectivity index (χ2n) is 7.67. The van der Waals surface area contributed by atoms with E-state index in [9.17, 15) is 18.0 Å². The van der Waals surface area contributed by atoms with Gasteiger partial charge in [0, 0.05) is 5.92 Å². The Balaban J connectivity index is 1.70. The number of nitrogens with zero attached hydrogens (tertiary/aromatic N) is 2. The third kappa shape index (κ3) is 4.69. The van der Waals surface area contributed by atoms with Crippen molar-refractivity contribution in [3.05, 3.63) is 48.5 Å². The summed E-state index contributed by atoms with van der Waals surface area (Å²) < 4.78 is 46.4. The third-order valence-electron chi connectivity index (χ3n) is 5.59. The number of benzene rings is 2. The molecule has 1 aliphatic carbocycles. The van der Waals surface area contributed by atoms with Gasteiger partial charge in [-0.3, -0.25) is 9.69 Å². The first-order valence-electron chi connectivity index (χ1n) is 10.4. The van der Waals surface area contributed by atoms with Crippen molar-refractivity contribution in [3.63, 3.8) is 0 Å². The molecular weight excluding hydrogens is 425 g/mol. The van der Waals surface area contributed by atoms with E-state index in [0.29, 0.717) is 36.0 Å². The molecule has 0 N–H and O–H groups in total. The van der Waals surface area contributed by atoms with Gasteiger partial charge < -0.3 is 4.74 Å². The van der Waals surface area contributed by atoms with Crippen molar-refractivity contribution in [2.24, 2.45) is 11.8 Å². The number of carbonyl (C=O) groups is 1. The molecule has 1 aromatic heterocycles. The van der Waals surface area contributed by atoms with Gasteiger partial charge in [0.15, 0.2) is 5.13 Å². The zero-order valence-electron chi connectivity index (χ0n) is 17.1. The Labute approximate surface area is 182 Å². The van der Waals surface area contributed by atoms with Gasteiger partial charge >= 0.3 is 6.18 Å². The molecule has 3 aromatic rings. The smallest absolute Gasteiger partial charge is 0.391 e. The molecular formula is C23H23F3N2O2S. The normalized spacial score (nSPS) is 19.4. The quantitative estimate of drug-likeness (QED) is 0.435. The van der Waals surface area contributed by atoms with Gasteiger partial charge in [-0.1, -0.05) is 29.9 Å². The SMILES string of the molecule is CCOc1ccc(N(C(=O)C2CCCC(C(F)(F)F)C2)c2nc3ccccc3s2)cc1. The van der Waals surface area contributed by atoms with E-state index >= 15 is 0 Å².